The molecule has 0 radical (unpaired) electrons. The van der Waals surface area contributed by atoms with Gasteiger partial charge in [-0.05, 0) is 34.7 Å². The first-order valence-electron chi connectivity index (χ1n) is 9.69. The van der Waals surface area contributed by atoms with Crippen LogP contribution in [0.2, 0.25) is 0 Å². The number of benzene rings is 3. The first-order valence-corrected chi connectivity index (χ1v) is 9.69. The van der Waals surface area contributed by atoms with Crippen LogP contribution < -0.4 is 15.0 Å². The first-order chi connectivity index (χ1) is 14.7. The molecule has 0 saturated heterocycles. The number of aromatic nitrogens is 1. The Balaban J connectivity index is 2.04. The fourth-order valence-corrected chi connectivity index (χ4v) is 3.73. The van der Waals surface area contributed by atoms with Gasteiger partial charge < -0.3 is 19.1 Å². The third kappa shape index (κ3) is 3.55. The molecule has 0 aliphatic carbocycles. The second-order valence-electron chi connectivity index (χ2n) is 7.02. The molecule has 0 atom stereocenters. The topological polar surface area (TPSA) is 60.7 Å². The highest BCUT2D eigenvalue weighted by Gasteiger charge is 2.16. The minimum absolute atomic E-state index is 0.111. The molecule has 0 aliphatic rings. The molecule has 0 saturated carbocycles. The molecule has 1 N–H and O–H groups in total. The molecular formula is C25H23NO4. The maximum Gasteiger partial charge on any atom is 0.259 e. The van der Waals surface area contributed by atoms with Crippen molar-refractivity contribution in [3.8, 4) is 22.8 Å². The van der Waals surface area contributed by atoms with Crippen LogP contribution in [-0.4, -0.2) is 23.9 Å². The van der Waals surface area contributed by atoms with Gasteiger partial charge in [0.05, 0.1) is 38.5 Å². The lowest BCUT2D eigenvalue weighted by atomic mass is 10.0. The third-order valence-corrected chi connectivity index (χ3v) is 5.26. The molecule has 5 nitrogen and oxygen atoms in total. The second-order valence-corrected chi connectivity index (χ2v) is 7.02. The Labute approximate surface area is 174 Å². The van der Waals surface area contributed by atoms with Crippen molar-refractivity contribution >= 4 is 10.8 Å². The molecule has 0 unspecified atom stereocenters. The van der Waals surface area contributed by atoms with Gasteiger partial charge in [-0.1, -0.05) is 54.6 Å². The number of aliphatic hydroxyl groups is 1. The molecule has 4 rings (SSSR count). The summed E-state index contributed by atoms with van der Waals surface area (Å²) in [4.78, 5) is 13.6. The summed E-state index contributed by atoms with van der Waals surface area (Å²) in [6.45, 7) is 0.304. The lowest BCUT2D eigenvalue weighted by Crippen LogP contribution is -2.23. The number of hydrogen-bond donors (Lipinski definition) is 1. The maximum absolute atomic E-state index is 13.6. The van der Waals surface area contributed by atoms with Gasteiger partial charge >= 0.3 is 0 Å². The van der Waals surface area contributed by atoms with E-state index in [0.717, 1.165) is 27.8 Å². The molecule has 0 fully saturated rings. The summed E-state index contributed by atoms with van der Waals surface area (Å²) in [6.07, 6.45) is 0. The highest BCUT2D eigenvalue weighted by atomic mass is 16.5. The lowest BCUT2D eigenvalue weighted by molar-refractivity contribution is 0.282. The molecule has 1 aromatic heterocycles. The molecule has 0 aliphatic heterocycles. The average Bonchev–Trinajstić information content (AvgIpc) is 2.80. The number of methoxy groups -OCH3 is 2. The van der Waals surface area contributed by atoms with E-state index in [2.05, 4.69) is 0 Å². The summed E-state index contributed by atoms with van der Waals surface area (Å²) >= 11 is 0. The second kappa shape index (κ2) is 8.43. The molecule has 0 bridgehead atoms. The standard InChI is InChI=1S/C25H23NO4/c1-29-23-13-19-12-22(20-11-7-6-10-18(20)16-27)26(15-17-8-4-3-5-9-17)25(28)21(19)14-24(23)30-2/h3-14,27H,15-16H2,1-2H3. The molecule has 0 spiro atoms. The van der Waals surface area contributed by atoms with E-state index >= 15 is 0 Å². The Hall–Kier alpha value is -3.57. The summed E-state index contributed by atoms with van der Waals surface area (Å²) in [7, 11) is 3.13. The number of hydrogen-bond acceptors (Lipinski definition) is 4. The van der Waals surface area contributed by atoms with Crippen LogP contribution in [0.5, 0.6) is 11.5 Å². The van der Waals surface area contributed by atoms with E-state index in [1.54, 1.807) is 24.9 Å². The van der Waals surface area contributed by atoms with E-state index in [9.17, 15) is 9.90 Å². The van der Waals surface area contributed by atoms with Gasteiger partial charge in [0.15, 0.2) is 11.5 Å². The van der Waals surface area contributed by atoms with Crippen LogP contribution in [-0.2, 0) is 13.2 Å². The summed E-state index contributed by atoms with van der Waals surface area (Å²) in [6, 6.07) is 22.9. The molecule has 1 heterocycles. The summed E-state index contributed by atoms with van der Waals surface area (Å²) in [5.41, 5.74) is 3.22. The van der Waals surface area contributed by atoms with E-state index < -0.39 is 0 Å². The van der Waals surface area contributed by atoms with E-state index in [0.29, 0.717) is 23.4 Å². The molecule has 5 heteroatoms. The van der Waals surface area contributed by atoms with Crippen LogP contribution in [0.25, 0.3) is 22.0 Å². The molecule has 3 aromatic carbocycles. The number of ether oxygens (including phenoxy) is 2. The quantitative estimate of drug-likeness (QED) is 0.525. The summed E-state index contributed by atoms with van der Waals surface area (Å²) in [5, 5.41) is 11.2. The molecule has 30 heavy (non-hydrogen) atoms. The van der Waals surface area contributed by atoms with Crippen molar-refractivity contribution in [2.75, 3.05) is 14.2 Å². The van der Waals surface area contributed by atoms with Crippen molar-refractivity contribution < 1.29 is 14.6 Å². The predicted molar refractivity (Wildman–Crippen MR) is 118 cm³/mol. The van der Waals surface area contributed by atoms with Crippen molar-refractivity contribution in [1.29, 1.82) is 0 Å². The zero-order chi connectivity index (χ0) is 21.1. The number of pyridine rings is 1. The van der Waals surface area contributed by atoms with Gasteiger partial charge in [-0.15, -0.1) is 0 Å². The number of aliphatic hydroxyl groups excluding tert-OH is 1. The van der Waals surface area contributed by atoms with E-state index in [1.165, 1.54) is 0 Å². The maximum atomic E-state index is 13.6. The monoisotopic (exact) mass is 401 g/mol. The third-order valence-electron chi connectivity index (χ3n) is 5.26. The van der Waals surface area contributed by atoms with E-state index in [-0.39, 0.29) is 12.2 Å². The molecular weight excluding hydrogens is 378 g/mol. The highest BCUT2D eigenvalue weighted by molar-refractivity contribution is 5.89. The SMILES string of the molecule is COc1cc2cc(-c3ccccc3CO)n(Cc3ccccc3)c(=O)c2cc1OC. The van der Waals surface area contributed by atoms with Crippen molar-refractivity contribution in [2.45, 2.75) is 13.2 Å². The van der Waals surface area contributed by atoms with Crippen molar-refractivity contribution in [2.24, 2.45) is 0 Å². The zero-order valence-corrected chi connectivity index (χ0v) is 17.0. The Morgan fingerprint density at radius 3 is 2.23 bits per heavy atom. The fourth-order valence-electron chi connectivity index (χ4n) is 3.73. The van der Waals surface area contributed by atoms with Crippen LogP contribution in [0.15, 0.2) is 77.6 Å². The number of fused-ring (bicyclic) bond motifs is 1. The molecule has 4 aromatic rings. The summed E-state index contributed by atoms with van der Waals surface area (Å²) < 4.78 is 12.6. The molecule has 152 valence electrons. The predicted octanol–water partition coefficient (Wildman–Crippen LogP) is 4.23. The van der Waals surface area contributed by atoms with E-state index in [1.807, 2.05) is 66.7 Å². The zero-order valence-electron chi connectivity index (χ0n) is 17.0. The van der Waals surface area contributed by atoms with E-state index in [4.69, 9.17) is 9.47 Å². The lowest BCUT2D eigenvalue weighted by Gasteiger charge is -2.18. The minimum atomic E-state index is -0.125. The fraction of sp³-hybridized carbons (Fsp3) is 0.160. The van der Waals surface area contributed by atoms with Crippen molar-refractivity contribution in [3.63, 3.8) is 0 Å². The van der Waals surface area contributed by atoms with Crippen molar-refractivity contribution in [3.05, 3.63) is 94.3 Å². The largest absolute Gasteiger partial charge is 0.493 e. The summed E-state index contributed by atoms with van der Waals surface area (Å²) in [5.74, 6) is 1.07. The van der Waals surface area contributed by atoms with Crippen LogP contribution in [0.1, 0.15) is 11.1 Å². The minimum Gasteiger partial charge on any atom is -0.493 e. The van der Waals surface area contributed by atoms with Crippen LogP contribution in [0, 0.1) is 0 Å². The van der Waals surface area contributed by atoms with Gasteiger partial charge in [-0.3, -0.25) is 4.79 Å². The van der Waals surface area contributed by atoms with Gasteiger partial charge in [0.25, 0.3) is 5.56 Å². The van der Waals surface area contributed by atoms with Crippen molar-refractivity contribution in [1.82, 2.24) is 4.57 Å². The van der Waals surface area contributed by atoms with Gasteiger partial charge in [-0.25, -0.2) is 0 Å². The number of rotatable bonds is 6. The van der Waals surface area contributed by atoms with Gasteiger partial charge in [0.1, 0.15) is 0 Å². The van der Waals surface area contributed by atoms with Gasteiger partial charge in [0, 0.05) is 5.56 Å². The van der Waals surface area contributed by atoms with Crippen LogP contribution >= 0.6 is 0 Å². The Kier molecular flexibility index (Phi) is 5.55. The first kappa shape index (κ1) is 19.7. The van der Waals surface area contributed by atoms with Gasteiger partial charge in [0.2, 0.25) is 0 Å². The smallest absolute Gasteiger partial charge is 0.259 e. The highest BCUT2D eigenvalue weighted by Crippen LogP contribution is 2.33. The Bertz CT molecular complexity index is 1250. The van der Waals surface area contributed by atoms with Crippen LogP contribution in [0.3, 0.4) is 0 Å². The normalized spacial score (nSPS) is 10.9. The average molecular weight is 401 g/mol. The molecule has 0 amide bonds. The number of nitrogens with zero attached hydrogens (tertiary/aromatic N) is 1. The Morgan fingerprint density at radius 2 is 1.53 bits per heavy atom. The Morgan fingerprint density at radius 1 is 0.867 bits per heavy atom. The van der Waals surface area contributed by atoms with Gasteiger partial charge in [-0.2, -0.15) is 0 Å². The van der Waals surface area contributed by atoms with Crippen LogP contribution in [0.4, 0.5) is 0 Å².